The van der Waals surface area contributed by atoms with Crippen molar-refractivity contribution in [2.45, 2.75) is 102 Å². The zero-order chi connectivity index (χ0) is 39.1. The summed E-state index contributed by atoms with van der Waals surface area (Å²) in [5.74, 6) is -0.836. The van der Waals surface area contributed by atoms with Crippen molar-refractivity contribution in [2.75, 3.05) is 65.1 Å². The van der Waals surface area contributed by atoms with Gasteiger partial charge in [-0.3, -0.25) is 14.5 Å². The molecule has 2 aromatic rings. The number of hydrogen-bond donors (Lipinski definition) is 2. The first-order valence-corrected chi connectivity index (χ1v) is 20.1. The van der Waals surface area contributed by atoms with Crippen molar-refractivity contribution < 1.29 is 46.9 Å². The van der Waals surface area contributed by atoms with Gasteiger partial charge in [0.2, 0.25) is 17.6 Å². The van der Waals surface area contributed by atoms with Crippen molar-refractivity contribution in [3.63, 3.8) is 0 Å². The van der Waals surface area contributed by atoms with Crippen molar-refractivity contribution >= 4 is 40.5 Å². The van der Waals surface area contributed by atoms with Crippen molar-refractivity contribution in [1.82, 2.24) is 15.1 Å². The quantitative estimate of drug-likeness (QED) is 0.248. The lowest BCUT2D eigenvalue weighted by molar-refractivity contribution is -0.142. The number of nitrogens with zero attached hydrogens (tertiary/aromatic N) is 2. The second kappa shape index (κ2) is 18.5. The summed E-state index contributed by atoms with van der Waals surface area (Å²) in [4.78, 5) is 57.8. The number of ether oxygens (including phenoxy) is 4. The van der Waals surface area contributed by atoms with Crippen LogP contribution in [0.3, 0.4) is 0 Å². The summed E-state index contributed by atoms with van der Waals surface area (Å²) < 4.78 is 41.7. The number of carbonyl (C=O) groups excluding carboxylic acids is 4. The molecule has 55 heavy (non-hydrogen) atoms. The maximum Gasteiger partial charge on any atom is 0.407 e. The van der Waals surface area contributed by atoms with Crippen LogP contribution in [-0.2, 0) is 28.5 Å². The molecule has 14 heteroatoms. The highest BCUT2D eigenvalue weighted by Crippen LogP contribution is 2.42. The molecule has 0 radical (unpaired) electrons. The Bertz CT molecular complexity index is 1620. The number of halogens is 1. The van der Waals surface area contributed by atoms with Gasteiger partial charge in [0.15, 0.2) is 0 Å². The Hall–Kier alpha value is -3.75. The average Bonchev–Trinajstić information content (AvgIpc) is 3.82. The Balaban J connectivity index is 1.10. The zero-order valence-corrected chi connectivity index (χ0v) is 32.8. The minimum Gasteiger partial charge on any atom is -0.458 e. The molecule has 13 nitrogen and oxygen atoms in total. The number of esters is 1. The second-order valence-electron chi connectivity index (χ2n) is 16.7. The molecule has 0 spiro atoms. The molecule has 1 aromatic heterocycles. The Kier molecular flexibility index (Phi) is 13.7. The van der Waals surface area contributed by atoms with Crippen LogP contribution in [0.25, 0.3) is 11.0 Å². The van der Waals surface area contributed by atoms with Crippen LogP contribution in [0.4, 0.5) is 14.9 Å². The highest BCUT2D eigenvalue weighted by Gasteiger charge is 2.47. The first-order chi connectivity index (χ1) is 26.4. The molecule has 2 saturated heterocycles. The highest BCUT2D eigenvalue weighted by molar-refractivity contribution is 6.00. The Morgan fingerprint density at radius 1 is 0.945 bits per heavy atom. The predicted octanol–water partition coefficient (Wildman–Crippen LogP) is 5.95. The van der Waals surface area contributed by atoms with E-state index in [1.54, 1.807) is 57.0 Å². The van der Waals surface area contributed by atoms with Crippen molar-refractivity contribution in [2.24, 2.45) is 23.7 Å². The number of anilines is 1. The minimum atomic E-state index is -0.713. The molecule has 3 amide bonds. The van der Waals surface area contributed by atoms with E-state index in [1.807, 2.05) is 0 Å². The average molecular weight is 771 g/mol. The minimum absolute atomic E-state index is 0.00327. The number of likely N-dealkylation sites (tertiary alicyclic amines) is 1. The molecule has 0 bridgehead atoms. The van der Waals surface area contributed by atoms with Crippen LogP contribution in [-0.4, -0.2) is 117 Å². The van der Waals surface area contributed by atoms with E-state index in [2.05, 4.69) is 15.5 Å². The van der Waals surface area contributed by atoms with Gasteiger partial charge in [-0.1, -0.05) is 0 Å². The third-order valence-electron chi connectivity index (χ3n) is 11.9. The summed E-state index contributed by atoms with van der Waals surface area (Å²) in [6.07, 6.45) is 6.30. The van der Waals surface area contributed by atoms with E-state index in [-0.39, 0.29) is 54.0 Å². The molecule has 3 atom stereocenters. The molecular weight excluding hydrogens is 711 g/mol. The molecule has 2 N–H and O–H groups in total. The normalized spacial score (nSPS) is 27.0. The summed E-state index contributed by atoms with van der Waals surface area (Å²) in [6, 6.07) is 5.53. The van der Waals surface area contributed by atoms with Crippen LogP contribution >= 0.6 is 0 Å². The highest BCUT2D eigenvalue weighted by atomic mass is 19.1. The maximum atomic E-state index is 14.3. The molecule has 2 aliphatic heterocycles. The van der Waals surface area contributed by atoms with E-state index < -0.39 is 36.4 Å². The number of carbonyl (C=O) groups is 4. The Morgan fingerprint density at radius 3 is 2.35 bits per heavy atom. The van der Waals surface area contributed by atoms with Gasteiger partial charge < -0.3 is 38.9 Å². The molecule has 4 fully saturated rings. The Labute approximate surface area is 323 Å². The first-order valence-electron chi connectivity index (χ1n) is 20.1. The first kappa shape index (κ1) is 40.9. The van der Waals surface area contributed by atoms with E-state index in [0.717, 1.165) is 45.2 Å². The van der Waals surface area contributed by atoms with E-state index in [0.29, 0.717) is 68.6 Å². The van der Waals surface area contributed by atoms with Crippen LogP contribution in [0.15, 0.2) is 28.7 Å². The Morgan fingerprint density at radius 2 is 1.67 bits per heavy atom. The van der Waals surface area contributed by atoms with Crippen molar-refractivity contribution in [1.29, 1.82) is 0 Å². The molecule has 0 unspecified atom stereocenters. The van der Waals surface area contributed by atoms with E-state index >= 15 is 0 Å². The lowest BCUT2D eigenvalue weighted by Gasteiger charge is -2.38. The van der Waals surface area contributed by atoms with Gasteiger partial charge in [0.25, 0.3) is 0 Å². The van der Waals surface area contributed by atoms with Gasteiger partial charge in [-0.2, -0.15) is 0 Å². The van der Waals surface area contributed by atoms with Gasteiger partial charge in [-0.15, -0.1) is 0 Å². The lowest BCUT2D eigenvalue weighted by atomic mass is 9.75. The molecule has 1 aromatic carbocycles. The van der Waals surface area contributed by atoms with E-state index in [1.165, 1.54) is 0 Å². The van der Waals surface area contributed by atoms with Gasteiger partial charge in [-0.05, 0) is 121 Å². The maximum absolute atomic E-state index is 14.3. The lowest BCUT2D eigenvalue weighted by Crippen LogP contribution is -2.50. The summed E-state index contributed by atoms with van der Waals surface area (Å²) in [6.45, 7) is 8.88. The SMILES string of the molecule is COC1CCC([C@@H]2CCN(C(=O)[C@H]3CC[C@H]([C@@H](CF)NC(=O)OC(C)(C)C)CC3)[C@@H]2C(=O)Nc2ccc3oc(C(=O)OCCN4CCOCC4)cc3c2)CC1. The van der Waals surface area contributed by atoms with Gasteiger partial charge >= 0.3 is 12.1 Å². The van der Waals surface area contributed by atoms with Gasteiger partial charge in [0, 0.05) is 50.3 Å². The molecule has 6 rings (SSSR count). The number of nitrogens with one attached hydrogen (secondary N) is 2. The molecular formula is C41H59FN4O9. The number of alkyl carbamates (subject to hydrolysis) is 1. The largest absolute Gasteiger partial charge is 0.458 e. The predicted molar refractivity (Wildman–Crippen MR) is 203 cm³/mol. The fraction of sp³-hybridized carbons (Fsp3) is 0.707. The van der Waals surface area contributed by atoms with E-state index in [9.17, 15) is 23.6 Å². The van der Waals surface area contributed by atoms with Crippen LogP contribution in [0.1, 0.15) is 89.1 Å². The molecule has 2 aliphatic carbocycles. The summed E-state index contributed by atoms with van der Waals surface area (Å²) in [7, 11) is 1.74. The number of hydrogen-bond acceptors (Lipinski definition) is 10. The molecule has 3 heterocycles. The standard InChI is InChI=1S/C41H59FN4O9/c1-41(2,3)55-40(50)44-33(25-42)27-5-7-28(8-6-27)38(48)46-16-15-32(26-9-12-31(51-4)13-10-26)36(46)37(47)43-30-11-14-34-29(23-30)24-35(54-34)39(49)53-22-19-45-17-20-52-21-18-45/h11,14,23-24,26-28,31-33,36H,5-10,12-13,15-22,25H2,1-4H3,(H,43,47)(H,44,50)/t26?,27-,28-,31?,32-,33+,36-/m0/s1. The third-order valence-corrected chi connectivity index (χ3v) is 11.9. The van der Waals surface area contributed by atoms with Crippen LogP contribution in [0.2, 0.25) is 0 Å². The fourth-order valence-corrected chi connectivity index (χ4v) is 8.99. The number of fused-ring (bicyclic) bond motifs is 1. The number of alkyl halides is 1. The summed E-state index contributed by atoms with van der Waals surface area (Å²) in [5, 5.41) is 6.45. The van der Waals surface area contributed by atoms with Gasteiger partial charge in [0.1, 0.15) is 30.5 Å². The van der Waals surface area contributed by atoms with Gasteiger partial charge in [0.05, 0.1) is 25.4 Å². The van der Waals surface area contributed by atoms with Crippen LogP contribution in [0.5, 0.6) is 0 Å². The molecule has 304 valence electrons. The summed E-state index contributed by atoms with van der Waals surface area (Å²) in [5.41, 5.74) is 0.348. The third kappa shape index (κ3) is 10.6. The molecule has 4 aliphatic rings. The number of morpholine rings is 1. The number of benzene rings is 1. The monoisotopic (exact) mass is 770 g/mol. The zero-order valence-electron chi connectivity index (χ0n) is 32.8. The number of amides is 3. The number of rotatable bonds is 12. The number of furan rings is 1. The van der Waals surface area contributed by atoms with Crippen LogP contribution in [0, 0.1) is 23.7 Å². The topological polar surface area (TPSA) is 149 Å². The summed E-state index contributed by atoms with van der Waals surface area (Å²) >= 11 is 0. The van der Waals surface area contributed by atoms with Crippen molar-refractivity contribution in [3.8, 4) is 0 Å². The fourth-order valence-electron chi connectivity index (χ4n) is 8.99. The van der Waals surface area contributed by atoms with Gasteiger partial charge in [-0.25, -0.2) is 14.0 Å². The molecule has 2 saturated carbocycles. The second-order valence-corrected chi connectivity index (χ2v) is 16.7. The smallest absolute Gasteiger partial charge is 0.407 e. The van der Waals surface area contributed by atoms with E-state index in [4.69, 9.17) is 23.4 Å². The number of methoxy groups -OCH3 is 1. The van der Waals surface area contributed by atoms with Crippen LogP contribution < -0.4 is 10.6 Å². The van der Waals surface area contributed by atoms with Crippen molar-refractivity contribution in [3.05, 3.63) is 30.0 Å².